The Morgan fingerprint density at radius 1 is 0.489 bits per heavy atom. The van der Waals surface area contributed by atoms with E-state index in [2.05, 4.69) is 142 Å². The molecule has 1 atom stereocenters. The van der Waals surface area contributed by atoms with Gasteiger partial charge in [-0.05, 0) is 161 Å². The Morgan fingerprint density at radius 3 is 1.31 bits per heavy atom. The second-order valence-electron chi connectivity index (χ2n) is 34.5. The number of rotatable bonds is 18. The van der Waals surface area contributed by atoms with Crippen LogP contribution in [0.3, 0.4) is 0 Å². The van der Waals surface area contributed by atoms with Gasteiger partial charge < -0.3 is 75.3 Å². The molecule has 0 spiro atoms. The highest BCUT2D eigenvalue weighted by atomic mass is 79.9. The van der Waals surface area contributed by atoms with Gasteiger partial charge in [-0.3, -0.25) is 43.7 Å². The minimum atomic E-state index is -3.11. The highest BCUT2D eigenvalue weighted by Gasteiger charge is 2.40. The summed E-state index contributed by atoms with van der Waals surface area (Å²) in [6, 6.07) is 65.4. The second kappa shape index (κ2) is 39.4. The zero-order valence-electron chi connectivity index (χ0n) is 74.8. The number of carbonyl (C=O) groups excluding carboxylic acids is 8. The molecule has 1 unspecified atom stereocenters. The van der Waals surface area contributed by atoms with Crippen LogP contribution in [0.15, 0.2) is 258 Å². The van der Waals surface area contributed by atoms with Crippen LogP contribution in [-0.2, 0) is 63.8 Å². The summed E-state index contributed by atoms with van der Waals surface area (Å²) in [6.07, 6.45) is 17.5. The first kappa shape index (κ1) is 91.6. The Hall–Kier alpha value is -15.9. The van der Waals surface area contributed by atoms with E-state index in [9.17, 15) is 48.4 Å². The van der Waals surface area contributed by atoms with Crippen LogP contribution in [-0.4, -0.2) is 177 Å². The molecule has 0 bridgehead atoms. The van der Waals surface area contributed by atoms with Gasteiger partial charge in [0.25, 0.3) is 11.8 Å². The van der Waals surface area contributed by atoms with E-state index in [1.807, 2.05) is 201 Å². The van der Waals surface area contributed by atoms with Gasteiger partial charge in [0.1, 0.15) is 17.1 Å². The van der Waals surface area contributed by atoms with Crippen molar-refractivity contribution in [3.63, 3.8) is 0 Å². The summed E-state index contributed by atoms with van der Waals surface area (Å²) in [6.45, 7) is 5.73. The van der Waals surface area contributed by atoms with Crippen molar-refractivity contribution in [1.82, 2.24) is 64.0 Å². The summed E-state index contributed by atoms with van der Waals surface area (Å²) in [5.41, 5.74) is 30.7. The van der Waals surface area contributed by atoms with E-state index in [0.29, 0.717) is 97.4 Å². The number of fused-ring (bicyclic) bond motifs is 9. The van der Waals surface area contributed by atoms with Crippen LogP contribution in [0, 0.1) is 4.91 Å². The molecule has 30 nitrogen and oxygen atoms in total. The molecule has 3 aliphatic heterocycles. The van der Waals surface area contributed by atoms with Crippen molar-refractivity contribution in [2.45, 2.75) is 83.5 Å². The Balaban J connectivity index is 0.000000114. The summed E-state index contributed by atoms with van der Waals surface area (Å²) in [4.78, 5) is 141. The maximum absolute atomic E-state index is 13.2. The van der Waals surface area contributed by atoms with Crippen molar-refractivity contribution in [3.8, 4) is 17.1 Å². The van der Waals surface area contributed by atoms with Gasteiger partial charge in [0, 0.05) is 229 Å². The number of carbonyl (C=O) groups is 8. The lowest BCUT2D eigenvalue weighted by molar-refractivity contribution is -0.121. The number of aliphatic imine (C=N–C) groups is 1. The Morgan fingerprint density at radius 2 is 0.891 bits per heavy atom. The molecule has 690 valence electrons. The average Bonchev–Trinajstić information content (AvgIpc) is 1.58. The molecule has 12 heterocycles. The number of Topliss-reactive ketones (excluding diaryl/α,β-unsaturated/α-hetero) is 6. The number of benzene rings is 8. The van der Waals surface area contributed by atoms with Crippen LogP contribution in [0.4, 0.5) is 5.69 Å². The van der Waals surface area contributed by atoms with Crippen molar-refractivity contribution in [3.05, 3.63) is 297 Å². The van der Waals surface area contributed by atoms with Crippen LogP contribution < -0.4 is 22.1 Å². The monoisotopic (exact) mass is 1910 g/mol. The second-order valence-corrected chi connectivity index (χ2v) is 35.7. The third-order valence-corrected chi connectivity index (χ3v) is 26.2. The number of amides is 2. The molecular weight excluding hydrogens is 1820 g/mol. The first-order chi connectivity index (χ1) is 66.4. The quantitative estimate of drug-likeness (QED) is 0.0216. The predicted molar refractivity (Wildman–Crippen MR) is 537 cm³/mol. The molecule has 3 aliphatic carbocycles. The number of nitroso groups, excluding NO2 is 1. The van der Waals surface area contributed by atoms with Gasteiger partial charge in [0.2, 0.25) is 5.96 Å². The molecule has 9 aromatic heterocycles. The van der Waals surface area contributed by atoms with Gasteiger partial charge in [0.05, 0.1) is 35.1 Å². The minimum Gasteiger partial charge on any atom is -0.494 e. The molecule has 2 amide bonds. The summed E-state index contributed by atoms with van der Waals surface area (Å²) < 4.78 is 32.6. The number of ketones is 6. The van der Waals surface area contributed by atoms with Gasteiger partial charge in [0.15, 0.2) is 40.6 Å². The Kier molecular flexibility index (Phi) is 26.3. The topological polar surface area (TPSA) is 442 Å². The first-order valence-electron chi connectivity index (χ1n) is 44.9. The number of nitrogens with one attached hydrogen (secondary N) is 8. The van der Waals surface area contributed by atoms with Crippen molar-refractivity contribution in [2.24, 2.45) is 21.6 Å². The number of likely N-dealkylation sites (tertiary alicyclic amines) is 1. The SMILES string of the molecule is CN(C)CCCn1cc(C2=C(c3c[nH]c4ccccc34)C(=O)CC2=O)c2ccccc21.CN1CCCC1CCn1cc(C2=C(c3c[nH]c4ccccc34)C(=O)CC2=O)c2ccccc21.NC1=N/C(=C2/CCNC(=O)c3[nH]c(Br)cc32)C(=O)N1.NCCCn1cc(C2=C(c3c[nH]c4ccccc34)C(=O)CC2=O)c2ccccc21.O=Nc1c(-c2c(O)[nH]c3ccccc23)[nH]c2ccccc12.O=S(=O)=O. The third-order valence-electron chi connectivity index (χ3n) is 25.8. The number of H-pyrrole nitrogens is 6. The lowest BCUT2D eigenvalue weighted by Gasteiger charge is -2.19. The van der Waals surface area contributed by atoms with Crippen LogP contribution in [0.5, 0.6) is 5.88 Å². The first-order valence-corrected chi connectivity index (χ1v) is 46.7. The number of nitrogens with zero attached hydrogens (tertiary/aromatic N) is 7. The number of allylic oxidation sites excluding steroid dienone is 6. The molecule has 17 aromatic rings. The van der Waals surface area contributed by atoms with Crippen LogP contribution in [0.1, 0.15) is 107 Å². The number of aryl methyl sites for hydroxylation is 3. The summed E-state index contributed by atoms with van der Waals surface area (Å²) in [5.74, 6) is -1.05. The largest absolute Gasteiger partial charge is 0.494 e. The Labute approximate surface area is 792 Å². The Bertz CT molecular complexity index is 8100. The number of aromatic amines is 6. The normalized spacial score (nSPS) is 16.2. The lowest BCUT2D eigenvalue weighted by atomic mass is 9.95. The predicted octanol–water partition coefficient (Wildman–Crippen LogP) is 17.0. The van der Waals surface area contributed by atoms with E-state index < -0.39 is 10.6 Å². The van der Waals surface area contributed by atoms with Crippen molar-refractivity contribution in [2.75, 3.05) is 47.3 Å². The van der Waals surface area contributed by atoms with E-state index in [4.69, 9.17) is 24.1 Å². The molecule has 137 heavy (non-hydrogen) atoms. The lowest BCUT2D eigenvalue weighted by Crippen LogP contribution is -2.30. The fraction of sp³-hybridized carbons (Fsp3) is 0.190. The van der Waals surface area contributed by atoms with Gasteiger partial charge in [-0.2, -0.15) is 0 Å². The molecule has 1 fully saturated rings. The maximum atomic E-state index is 13.2. The van der Waals surface area contributed by atoms with E-state index in [1.165, 1.54) is 19.4 Å². The molecule has 6 aliphatic rings. The molecule has 23 rings (SSSR count). The third kappa shape index (κ3) is 18.1. The zero-order chi connectivity index (χ0) is 95.6. The number of aromatic hydroxyl groups is 1. The van der Waals surface area contributed by atoms with Crippen molar-refractivity contribution in [1.29, 1.82) is 0 Å². The van der Waals surface area contributed by atoms with Crippen molar-refractivity contribution >= 4 is 211 Å². The van der Waals surface area contributed by atoms with Crippen LogP contribution >= 0.6 is 15.9 Å². The van der Waals surface area contributed by atoms with Gasteiger partial charge in [-0.1, -0.05) is 146 Å². The van der Waals surface area contributed by atoms with Gasteiger partial charge in [-0.25, -0.2) is 4.99 Å². The number of halogens is 1. The molecule has 32 heteroatoms. The standard InChI is InChI=1S/C28H27N3O2.C26H25N3O2.C24H21N3O2.C16H11N3O2.C11H10BrN5O2.O3S/c1-30-13-6-7-18(30)12-14-31-17-22(20-9-3-5-11-24(20)31)28-26(33)15-25(32)27(28)21-16-29-23-10-4-2-8-19(21)23;1-28(2)12-7-13-29-16-20(18-9-4-6-11-22(18)29)26-24(31)14-23(30)25(26)19-15-27-21-10-5-3-8-17(19)21;25-10-5-11-27-14-18(16-7-2-4-9-20(16)27)24-22(29)12-21(28)23(24)17-13-26-19-8-3-1-6-15(17)19;20-16-13(9-5-1-3-7-11(9)18-16)15-14(19-21)10-6-2-4-8-12(10)17-15;12-6-3-5-4(7-10(19)17-11(13)16-7)1-2-14-9(18)8(5)15-6;1-4(2)3/h2-5,8-11,16-18,29H,6-7,12-15H2,1H3;3-6,8-11,15-16,27H,7,12-14H2,1-2H3;1-4,6-9,13-14,26H,5,10-12,25H2;1-8,17-18,20H;3,15H,1-2H2,(H,14,18)(H3,13,16,17,19);/b;;;;7-4-;. The maximum Gasteiger partial charge on any atom is 0.425 e. The molecule has 0 radical (unpaired) electrons. The highest BCUT2D eigenvalue weighted by Crippen LogP contribution is 2.48. The van der Waals surface area contributed by atoms with Crippen LogP contribution in [0.25, 0.3) is 137 Å². The molecule has 0 saturated carbocycles. The average molecular weight is 1910 g/mol. The number of hydrogen-bond donors (Lipinski definition) is 11. The van der Waals surface area contributed by atoms with E-state index in [-0.39, 0.29) is 83.3 Å². The molecule has 8 aromatic carbocycles. The summed E-state index contributed by atoms with van der Waals surface area (Å²) in [5, 5.41) is 26.1. The number of nitrogens with two attached hydrogens (primary N) is 2. The van der Waals surface area contributed by atoms with Crippen molar-refractivity contribution < 1.29 is 56.1 Å². The molecule has 1 saturated heterocycles. The fourth-order valence-electron chi connectivity index (χ4n) is 19.7. The molecule has 13 N–H and O–H groups in total. The number of para-hydroxylation sites is 8. The number of guanidine groups is 1. The van der Waals surface area contributed by atoms with E-state index in [1.54, 1.807) is 6.07 Å². The fourth-order valence-corrected chi connectivity index (χ4v) is 20.1. The summed E-state index contributed by atoms with van der Waals surface area (Å²) >= 11 is 3.29. The number of aromatic nitrogens is 9. The van der Waals surface area contributed by atoms with E-state index >= 15 is 0 Å². The minimum absolute atomic E-state index is 0.0210. The van der Waals surface area contributed by atoms with Gasteiger partial charge >= 0.3 is 10.6 Å². The summed E-state index contributed by atoms with van der Waals surface area (Å²) in [7, 11) is 3.23. The highest BCUT2D eigenvalue weighted by molar-refractivity contribution is 9.10. The van der Waals surface area contributed by atoms with Crippen LogP contribution in [0.2, 0.25) is 0 Å². The molecular formula is C105H94BrN17O13S. The zero-order valence-corrected chi connectivity index (χ0v) is 77.2. The van der Waals surface area contributed by atoms with E-state index in [0.717, 1.165) is 166 Å². The number of hydrogen-bond acceptors (Lipinski definition) is 19. The smallest absolute Gasteiger partial charge is 0.425 e. The van der Waals surface area contributed by atoms with Gasteiger partial charge in [-0.15, -0.1) is 17.5 Å².